The quantitative estimate of drug-likeness (QED) is 0.304. The molecule has 180 valence electrons. The van der Waals surface area contributed by atoms with Gasteiger partial charge in [0.25, 0.3) is 0 Å². The highest BCUT2D eigenvalue weighted by Crippen LogP contribution is 2.33. The number of nitrogens with one attached hydrogen (secondary N) is 3. The molecule has 4 rings (SSSR count). The zero-order chi connectivity index (χ0) is 25.0. The van der Waals surface area contributed by atoms with E-state index in [0.29, 0.717) is 23.7 Å². The number of anilines is 2. The summed E-state index contributed by atoms with van der Waals surface area (Å²) in [5, 5.41) is 7.35. The Hall–Kier alpha value is -4.33. The minimum Gasteiger partial charge on any atom is -0.488 e. The number of hydrogen-bond donors (Lipinski definition) is 3. The number of urea groups is 1. The number of esters is 1. The van der Waals surface area contributed by atoms with Crippen molar-refractivity contribution in [3.05, 3.63) is 83.9 Å². The number of carbonyl (C=O) groups excluding carboxylic acids is 2. The summed E-state index contributed by atoms with van der Waals surface area (Å²) in [6.07, 6.45) is 3.45. The molecule has 0 aliphatic heterocycles. The fraction of sp³-hybridized carbons (Fsp3) is 0.222. The van der Waals surface area contributed by atoms with E-state index in [2.05, 4.69) is 20.6 Å². The predicted octanol–water partition coefficient (Wildman–Crippen LogP) is 5.87. The van der Waals surface area contributed by atoms with Crippen LogP contribution in [0.25, 0.3) is 10.8 Å². The van der Waals surface area contributed by atoms with E-state index in [1.807, 2.05) is 63.2 Å². The Labute approximate surface area is 203 Å². The van der Waals surface area contributed by atoms with E-state index < -0.39 is 12.0 Å². The Morgan fingerprint density at radius 1 is 0.943 bits per heavy atom. The zero-order valence-electron chi connectivity index (χ0n) is 20.1. The van der Waals surface area contributed by atoms with Crippen molar-refractivity contribution < 1.29 is 19.1 Å². The molecule has 0 fully saturated rings. The van der Waals surface area contributed by atoms with Crippen molar-refractivity contribution >= 4 is 34.1 Å². The van der Waals surface area contributed by atoms with Gasteiger partial charge < -0.3 is 25.1 Å². The lowest BCUT2D eigenvalue weighted by Crippen LogP contribution is -2.21. The van der Waals surface area contributed by atoms with Crippen LogP contribution in [0.15, 0.2) is 67.0 Å². The van der Waals surface area contributed by atoms with Gasteiger partial charge in [-0.25, -0.2) is 9.59 Å². The number of H-pyrrole nitrogens is 1. The van der Waals surface area contributed by atoms with E-state index in [0.717, 1.165) is 22.0 Å². The second kappa shape index (κ2) is 9.89. The van der Waals surface area contributed by atoms with Crippen LogP contribution in [-0.2, 0) is 16.8 Å². The van der Waals surface area contributed by atoms with E-state index in [-0.39, 0.29) is 11.1 Å². The predicted molar refractivity (Wildman–Crippen MR) is 136 cm³/mol. The van der Waals surface area contributed by atoms with Gasteiger partial charge in [-0.2, -0.15) is 0 Å². The maximum Gasteiger partial charge on any atom is 0.356 e. The lowest BCUT2D eigenvalue weighted by atomic mass is 9.92. The number of benzene rings is 2. The zero-order valence-corrected chi connectivity index (χ0v) is 20.1. The van der Waals surface area contributed by atoms with Crippen LogP contribution >= 0.6 is 0 Å². The molecule has 2 amide bonds. The normalized spacial score (nSPS) is 11.2. The van der Waals surface area contributed by atoms with Crippen LogP contribution in [0.1, 0.15) is 42.5 Å². The summed E-state index contributed by atoms with van der Waals surface area (Å²) in [5.41, 5.74) is 2.71. The first-order valence-electron chi connectivity index (χ1n) is 11.2. The van der Waals surface area contributed by atoms with Crippen LogP contribution in [0.2, 0.25) is 0 Å². The van der Waals surface area contributed by atoms with Gasteiger partial charge in [0.1, 0.15) is 18.1 Å². The van der Waals surface area contributed by atoms with Crippen LogP contribution in [0.3, 0.4) is 0 Å². The SMILES string of the molecule is COC(=O)c1[nH]c(C(C)(C)C)cc1NC(=O)Nc1ccc(OCc2ccncc2)c2ccccc12. The number of methoxy groups -OCH3 is 1. The molecule has 2 heterocycles. The van der Waals surface area contributed by atoms with Crippen molar-refractivity contribution in [1.29, 1.82) is 0 Å². The third kappa shape index (κ3) is 5.43. The van der Waals surface area contributed by atoms with Gasteiger partial charge in [0.15, 0.2) is 0 Å². The average Bonchev–Trinajstić information content (AvgIpc) is 3.28. The van der Waals surface area contributed by atoms with E-state index in [4.69, 9.17) is 9.47 Å². The van der Waals surface area contributed by atoms with Crippen LogP contribution in [-0.4, -0.2) is 29.1 Å². The van der Waals surface area contributed by atoms with Gasteiger partial charge in [-0.1, -0.05) is 45.0 Å². The number of nitrogens with zero attached hydrogens (tertiary/aromatic N) is 1. The molecule has 0 bridgehead atoms. The highest BCUT2D eigenvalue weighted by Gasteiger charge is 2.24. The number of ether oxygens (including phenoxy) is 2. The van der Waals surface area contributed by atoms with Crippen molar-refractivity contribution in [3.8, 4) is 5.75 Å². The number of pyridine rings is 1. The van der Waals surface area contributed by atoms with Crippen LogP contribution < -0.4 is 15.4 Å². The van der Waals surface area contributed by atoms with Crippen molar-refractivity contribution in [2.75, 3.05) is 17.7 Å². The Balaban J connectivity index is 1.56. The average molecular weight is 473 g/mol. The summed E-state index contributed by atoms with van der Waals surface area (Å²) >= 11 is 0. The molecule has 0 saturated heterocycles. The summed E-state index contributed by atoms with van der Waals surface area (Å²) in [6, 6.07) is 16.4. The van der Waals surface area contributed by atoms with Crippen LogP contribution in [0.4, 0.5) is 16.2 Å². The van der Waals surface area contributed by atoms with Gasteiger partial charge in [-0.15, -0.1) is 0 Å². The molecule has 8 nitrogen and oxygen atoms in total. The van der Waals surface area contributed by atoms with Crippen molar-refractivity contribution in [2.24, 2.45) is 0 Å². The third-order valence-corrected chi connectivity index (χ3v) is 5.54. The molecule has 8 heteroatoms. The maximum absolute atomic E-state index is 12.9. The Bertz CT molecular complexity index is 1360. The smallest absolute Gasteiger partial charge is 0.356 e. The van der Waals surface area contributed by atoms with Gasteiger partial charge in [0, 0.05) is 34.3 Å². The molecule has 0 spiro atoms. The van der Waals surface area contributed by atoms with E-state index in [1.54, 1.807) is 24.5 Å². The van der Waals surface area contributed by atoms with Gasteiger partial charge in [0.05, 0.1) is 18.5 Å². The molecule has 4 aromatic rings. The molecule has 0 saturated carbocycles. The first-order chi connectivity index (χ1) is 16.8. The first kappa shape index (κ1) is 23.8. The number of rotatable bonds is 6. The Morgan fingerprint density at radius 2 is 1.63 bits per heavy atom. The number of fused-ring (bicyclic) bond motifs is 1. The number of hydrogen-bond acceptors (Lipinski definition) is 5. The summed E-state index contributed by atoms with van der Waals surface area (Å²) in [7, 11) is 1.30. The highest BCUT2D eigenvalue weighted by atomic mass is 16.5. The summed E-state index contributed by atoms with van der Waals surface area (Å²) in [5.74, 6) is 0.147. The molecule has 35 heavy (non-hydrogen) atoms. The van der Waals surface area contributed by atoms with Gasteiger partial charge in [0.2, 0.25) is 0 Å². The summed E-state index contributed by atoms with van der Waals surface area (Å²) in [6.45, 7) is 6.43. The number of aromatic nitrogens is 2. The minimum atomic E-state index is -0.558. The molecule has 0 unspecified atom stereocenters. The van der Waals surface area contributed by atoms with Crippen molar-refractivity contribution in [1.82, 2.24) is 9.97 Å². The van der Waals surface area contributed by atoms with E-state index in [1.165, 1.54) is 7.11 Å². The standard InChI is InChI=1S/C27H28N4O4/c1-27(2,3)23-15-21(24(31-23)25(32)34-4)30-26(33)29-20-9-10-22(19-8-6-5-7-18(19)20)35-16-17-11-13-28-14-12-17/h5-15,31H,16H2,1-4H3,(H2,29,30,33). The van der Waals surface area contributed by atoms with Crippen molar-refractivity contribution in [3.63, 3.8) is 0 Å². The summed E-state index contributed by atoms with van der Waals surface area (Å²) < 4.78 is 10.9. The van der Waals surface area contributed by atoms with Crippen LogP contribution in [0.5, 0.6) is 5.75 Å². The second-order valence-electron chi connectivity index (χ2n) is 9.09. The number of aromatic amines is 1. The molecule has 0 aliphatic rings. The monoisotopic (exact) mass is 472 g/mol. The molecule has 3 N–H and O–H groups in total. The Kier molecular flexibility index (Phi) is 6.73. The van der Waals surface area contributed by atoms with E-state index in [9.17, 15) is 9.59 Å². The lowest BCUT2D eigenvalue weighted by Gasteiger charge is -2.15. The molecule has 0 aliphatic carbocycles. The molecule has 2 aromatic heterocycles. The largest absolute Gasteiger partial charge is 0.488 e. The number of carbonyl (C=O) groups is 2. The fourth-order valence-electron chi connectivity index (χ4n) is 3.64. The molecule has 0 radical (unpaired) electrons. The third-order valence-electron chi connectivity index (χ3n) is 5.54. The first-order valence-corrected chi connectivity index (χ1v) is 11.2. The fourth-order valence-corrected chi connectivity index (χ4v) is 3.64. The minimum absolute atomic E-state index is 0.192. The van der Waals surface area contributed by atoms with Crippen molar-refractivity contribution in [2.45, 2.75) is 32.8 Å². The van der Waals surface area contributed by atoms with Gasteiger partial charge in [-0.3, -0.25) is 4.98 Å². The lowest BCUT2D eigenvalue weighted by molar-refractivity contribution is 0.0595. The second-order valence-corrected chi connectivity index (χ2v) is 9.09. The maximum atomic E-state index is 12.9. The van der Waals surface area contributed by atoms with Gasteiger partial charge >= 0.3 is 12.0 Å². The molecule has 0 atom stereocenters. The topological polar surface area (TPSA) is 105 Å². The van der Waals surface area contributed by atoms with Crippen LogP contribution in [0, 0.1) is 0 Å². The highest BCUT2D eigenvalue weighted by molar-refractivity contribution is 6.09. The van der Waals surface area contributed by atoms with E-state index >= 15 is 0 Å². The number of amides is 2. The Morgan fingerprint density at radius 3 is 2.31 bits per heavy atom. The summed E-state index contributed by atoms with van der Waals surface area (Å²) in [4.78, 5) is 32.3. The van der Waals surface area contributed by atoms with Gasteiger partial charge in [-0.05, 0) is 35.9 Å². The molecular weight excluding hydrogens is 444 g/mol. The molecular formula is C27H28N4O4. The molecule has 2 aromatic carbocycles.